The van der Waals surface area contributed by atoms with E-state index in [0.717, 1.165) is 6.32 Å². The molecular weight excluding hydrogens is 101 g/mol. The number of ether oxygens (including phenoxy) is 1. The van der Waals surface area contributed by atoms with E-state index in [1.54, 1.807) is 6.92 Å². The molecule has 0 saturated heterocycles. The lowest BCUT2D eigenvalue weighted by Gasteiger charge is -1.76. The number of hydrogen-bond donors (Lipinski definition) is 0. The van der Waals surface area contributed by atoms with Crippen LogP contribution in [0.25, 0.3) is 0 Å². The predicted octanol–water partition coefficient (Wildman–Crippen LogP) is 1.10. The normalized spacial score (nSPS) is 5.62. The maximum atomic E-state index is 7.59. The molecule has 0 atom stereocenters. The monoisotopic (exact) mass is 111 g/mol. The average Bonchev–Trinajstić information content (AvgIpc) is 1.71. The van der Waals surface area contributed by atoms with Gasteiger partial charge in [0.25, 0.3) is 6.26 Å². The fourth-order valence-electron chi connectivity index (χ4n) is 0.0645. The van der Waals surface area contributed by atoms with Crippen molar-refractivity contribution in [2.24, 2.45) is 0 Å². The minimum absolute atomic E-state index is 0.483. The summed E-state index contributed by atoms with van der Waals surface area (Å²) in [4.78, 5) is 0. The molecule has 0 saturated carbocycles. The zero-order valence-electron chi connectivity index (χ0n) is 5.35. The van der Waals surface area contributed by atoms with Gasteiger partial charge >= 0.3 is 0 Å². The van der Waals surface area contributed by atoms with Crippen molar-refractivity contribution in [3.8, 4) is 6.26 Å². The van der Waals surface area contributed by atoms with Gasteiger partial charge in [-0.2, -0.15) is 5.26 Å². The second-order valence-electron chi connectivity index (χ2n) is 0.933. The summed E-state index contributed by atoms with van der Waals surface area (Å²) in [6.07, 6.45) is 2.27. The Bertz CT molecular complexity index is 59.9. The summed E-state index contributed by atoms with van der Waals surface area (Å²) in [5.74, 6) is 0. The Morgan fingerprint density at radius 3 is 2.00 bits per heavy atom. The zero-order valence-corrected chi connectivity index (χ0v) is 5.35. The molecule has 0 heterocycles. The molecule has 2 nitrogen and oxygen atoms in total. The third kappa shape index (κ3) is 55.3. The first kappa shape index (κ1) is 10.4. The van der Waals surface area contributed by atoms with Crippen LogP contribution in [0.15, 0.2) is 0 Å². The molecule has 8 heavy (non-hydrogen) atoms. The van der Waals surface area contributed by atoms with Gasteiger partial charge in [-0.25, -0.2) is 0 Å². The second-order valence-corrected chi connectivity index (χ2v) is 0.933. The van der Waals surface area contributed by atoms with Crippen molar-refractivity contribution in [1.82, 2.24) is 0 Å². The van der Waals surface area contributed by atoms with Gasteiger partial charge in [0.05, 0.1) is 14.5 Å². The zero-order chi connectivity index (χ0) is 6.83. The van der Waals surface area contributed by atoms with Crippen molar-refractivity contribution in [3.63, 3.8) is 0 Å². The fourth-order valence-corrected chi connectivity index (χ4v) is 0.0645. The Kier molecular flexibility index (Phi) is 21.0. The highest BCUT2D eigenvalue weighted by Gasteiger charge is 1.60. The van der Waals surface area contributed by atoms with Gasteiger partial charge in [0.2, 0.25) is 0 Å². The molecule has 0 aliphatic carbocycles. The standard InChI is InChI=1S/C3H5NO.C2H5B/c1-2-5-3-4;1-2-3/h2H2,1H3;2H2,1H3. The van der Waals surface area contributed by atoms with Gasteiger partial charge in [0.15, 0.2) is 0 Å². The first-order chi connectivity index (χ1) is 3.83. The van der Waals surface area contributed by atoms with E-state index >= 15 is 0 Å². The largest absolute Gasteiger partial charge is 0.428 e. The lowest BCUT2D eigenvalue weighted by atomic mass is 10.1. The van der Waals surface area contributed by atoms with Crippen LogP contribution in [0.3, 0.4) is 0 Å². The van der Waals surface area contributed by atoms with Crippen LogP contribution >= 0.6 is 0 Å². The maximum absolute atomic E-state index is 7.59. The highest BCUT2D eigenvalue weighted by Crippen LogP contribution is 1.58. The highest BCUT2D eigenvalue weighted by molar-refractivity contribution is 6.08. The fraction of sp³-hybridized carbons (Fsp3) is 0.800. The molecule has 0 N–H and O–H groups in total. The lowest BCUT2D eigenvalue weighted by molar-refractivity contribution is 0.291. The van der Waals surface area contributed by atoms with E-state index in [9.17, 15) is 0 Å². The Morgan fingerprint density at radius 1 is 1.62 bits per heavy atom. The summed E-state index contributed by atoms with van der Waals surface area (Å²) in [6, 6.07) is 0. The van der Waals surface area contributed by atoms with Gasteiger partial charge in [-0.05, 0) is 6.92 Å². The lowest BCUT2D eigenvalue weighted by Crippen LogP contribution is -1.73. The Morgan fingerprint density at radius 2 is 2.00 bits per heavy atom. The van der Waals surface area contributed by atoms with Crippen LogP contribution in [0.5, 0.6) is 0 Å². The first-order valence-corrected chi connectivity index (χ1v) is 2.54. The maximum Gasteiger partial charge on any atom is 0.286 e. The van der Waals surface area contributed by atoms with Gasteiger partial charge in [0.1, 0.15) is 0 Å². The van der Waals surface area contributed by atoms with E-state index in [2.05, 4.69) is 4.74 Å². The molecular formula is C5H10BNO. The van der Waals surface area contributed by atoms with Crippen LogP contribution in [-0.4, -0.2) is 14.5 Å². The highest BCUT2D eigenvalue weighted by atomic mass is 16.5. The number of hydrogen-bond acceptors (Lipinski definition) is 2. The topological polar surface area (TPSA) is 33.0 Å². The SMILES string of the molecule is CCOC#N.[B]CC. The van der Waals surface area contributed by atoms with Crippen molar-refractivity contribution in [2.45, 2.75) is 20.2 Å². The van der Waals surface area contributed by atoms with Crippen molar-refractivity contribution in [3.05, 3.63) is 0 Å². The quantitative estimate of drug-likeness (QED) is 0.374. The van der Waals surface area contributed by atoms with Crippen LogP contribution in [0, 0.1) is 11.5 Å². The molecule has 0 aliphatic heterocycles. The van der Waals surface area contributed by atoms with Crippen LogP contribution in [0.4, 0.5) is 0 Å². The third-order valence-electron chi connectivity index (χ3n) is 0.209. The van der Waals surface area contributed by atoms with Crippen molar-refractivity contribution < 1.29 is 4.74 Å². The van der Waals surface area contributed by atoms with Crippen LogP contribution in [0.1, 0.15) is 13.8 Å². The van der Waals surface area contributed by atoms with Crippen LogP contribution in [0.2, 0.25) is 6.32 Å². The first-order valence-electron chi connectivity index (χ1n) is 2.54. The average molecular weight is 111 g/mol. The molecule has 0 bridgehead atoms. The summed E-state index contributed by atoms with van der Waals surface area (Å²) in [5, 5.41) is 7.59. The molecule has 0 rings (SSSR count). The Hall–Kier alpha value is -0.645. The molecule has 0 spiro atoms. The number of nitrogens with zero attached hydrogens (tertiary/aromatic N) is 1. The Labute approximate surface area is 51.9 Å². The molecule has 2 radical (unpaired) electrons. The molecule has 0 aliphatic rings. The Balaban J connectivity index is 0. The summed E-state index contributed by atoms with van der Waals surface area (Å²) >= 11 is 0. The summed E-state index contributed by atoms with van der Waals surface area (Å²) < 4.78 is 4.14. The van der Waals surface area contributed by atoms with Gasteiger partial charge < -0.3 is 4.74 Å². The van der Waals surface area contributed by atoms with Gasteiger partial charge in [-0.3, -0.25) is 0 Å². The predicted molar refractivity (Wildman–Crippen MR) is 33.5 cm³/mol. The molecule has 0 amide bonds. The van der Waals surface area contributed by atoms with Gasteiger partial charge in [0, 0.05) is 0 Å². The molecule has 44 valence electrons. The third-order valence-corrected chi connectivity index (χ3v) is 0.209. The van der Waals surface area contributed by atoms with Crippen LogP contribution < -0.4 is 0 Å². The molecule has 3 heteroatoms. The number of rotatable bonds is 1. The summed E-state index contributed by atoms with van der Waals surface area (Å²) in [5.41, 5.74) is 0. The molecule has 0 aromatic heterocycles. The minimum Gasteiger partial charge on any atom is -0.428 e. The van der Waals surface area contributed by atoms with Crippen molar-refractivity contribution >= 4 is 7.85 Å². The van der Waals surface area contributed by atoms with E-state index in [1.165, 1.54) is 6.26 Å². The van der Waals surface area contributed by atoms with Crippen molar-refractivity contribution in [1.29, 1.82) is 5.26 Å². The smallest absolute Gasteiger partial charge is 0.286 e. The van der Waals surface area contributed by atoms with Crippen LogP contribution in [-0.2, 0) is 4.74 Å². The van der Waals surface area contributed by atoms with E-state index in [1.807, 2.05) is 6.92 Å². The van der Waals surface area contributed by atoms with Gasteiger partial charge in [-0.1, -0.05) is 13.2 Å². The van der Waals surface area contributed by atoms with Crippen molar-refractivity contribution in [2.75, 3.05) is 6.61 Å². The van der Waals surface area contributed by atoms with E-state index in [-0.39, 0.29) is 0 Å². The van der Waals surface area contributed by atoms with Gasteiger partial charge in [-0.15, -0.1) is 0 Å². The molecule has 0 unspecified atom stereocenters. The molecule has 0 aromatic rings. The number of nitriles is 1. The molecule has 0 aromatic carbocycles. The molecule has 0 fully saturated rings. The summed E-state index contributed by atoms with van der Waals surface area (Å²) in [6.45, 7) is 4.15. The van der Waals surface area contributed by atoms with E-state index in [4.69, 9.17) is 13.1 Å². The second kappa shape index (κ2) is 16.2. The van der Waals surface area contributed by atoms with E-state index < -0.39 is 0 Å². The summed E-state index contributed by atoms with van der Waals surface area (Å²) in [7, 11) is 4.85. The minimum atomic E-state index is 0.483. The van der Waals surface area contributed by atoms with E-state index in [0.29, 0.717) is 6.61 Å².